The largest absolute Gasteiger partial charge is 0.872 e. The molecular weight excluding hydrogens is 312 g/mol. The van der Waals surface area contributed by atoms with Crippen LogP contribution in [0.25, 0.3) is 0 Å². The van der Waals surface area contributed by atoms with Crippen LogP contribution in [0, 0.1) is 0 Å². The van der Waals surface area contributed by atoms with Gasteiger partial charge in [-0.05, 0) is 41.0 Å². The van der Waals surface area contributed by atoms with Crippen molar-refractivity contribution in [2.75, 3.05) is 0 Å². The zero-order chi connectivity index (χ0) is 18.0. The van der Waals surface area contributed by atoms with Crippen molar-refractivity contribution in [2.45, 2.75) is 64.2 Å². The summed E-state index contributed by atoms with van der Waals surface area (Å²) in [6, 6.07) is 3.64. The molecule has 128 valence electrons. The molecule has 5 nitrogen and oxygen atoms in total. The Labute approximate surface area is 142 Å². The molecule has 0 aromatic heterocycles. The fraction of sp³-hybridized carbons (Fsp3) is 0.529. The van der Waals surface area contributed by atoms with E-state index in [0.717, 1.165) is 16.7 Å². The second kappa shape index (κ2) is 6.83. The zero-order valence-electron chi connectivity index (χ0n) is 14.8. The van der Waals surface area contributed by atoms with E-state index in [9.17, 15) is 5.11 Å². The molecule has 2 N–H and O–H groups in total. The van der Waals surface area contributed by atoms with E-state index in [2.05, 4.69) is 10.3 Å². The molecule has 0 saturated heterocycles. The summed E-state index contributed by atoms with van der Waals surface area (Å²) in [6.45, 7) is 13.5. The summed E-state index contributed by atoms with van der Waals surface area (Å²) in [5.41, 5.74) is 1.03. The smallest absolute Gasteiger partial charge is 0.165 e. The van der Waals surface area contributed by atoms with E-state index >= 15 is 0 Å². The Bertz CT molecular complexity index is 603. The van der Waals surface area contributed by atoms with Gasteiger partial charge in [0, 0.05) is 4.90 Å². The monoisotopic (exact) mass is 337 g/mol. The summed E-state index contributed by atoms with van der Waals surface area (Å²) in [5.74, 6) is 0.0457. The molecule has 0 heterocycles. The van der Waals surface area contributed by atoms with Gasteiger partial charge in [-0.2, -0.15) is 0 Å². The van der Waals surface area contributed by atoms with Crippen LogP contribution in [0.3, 0.4) is 0 Å². The molecule has 0 saturated carbocycles. The van der Waals surface area contributed by atoms with Crippen molar-refractivity contribution >= 4 is 22.5 Å². The van der Waals surface area contributed by atoms with Crippen LogP contribution in [0.4, 0.5) is 0 Å². The molecule has 0 radical (unpaired) electrons. The maximum absolute atomic E-state index is 12.8. The van der Waals surface area contributed by atoms with Crippen molar-refractivity contribution in [1.29, 1.82) is 0 Å². The van der Waals surface area contributed by atoms with Gasteiger partial charge in [-0.15, -0.1) is 5.75 Å². The van der Waals surface area contributed by atoms with Crippen molar-refractivity contribution in [1.82, 2.24) is 0 Å². The lowest BCUT2D eigenvalue weighted by molar-refractivity contribution is -0.271. The average Bonchev–Trinajstić information content (AvgIpc) is 2.42. The third-order valence-electron chi connectivity index (χ3n) is 3.44. The molecule has 0 bridgehead atoms. The van der Waals surface area contributed by atoms with E-state index in [1.165, 1.54) is 0 Å². The predicted octanol–water partition coefficient (Wildman–Crippen LogP) is 4.09. The van der Waals surface area contributed by atoms with E-state index in [-0.39, 0.29) is 27.3 Å². The van der Waals surface area contributed by atoms with Crippen LogP contribution >= 0.6 is 11.8 Å². The third kappa shape index (κ3) is 4.64. The van der Waals surface area contributed by atoms with Crippen molar-refractivity contribution in [2.24, 2.45) is 10.3 Å². The highest BCUT2D eigenvalue weighted by atomic mass is 32.2. The molecule has 1 rings (SSSR count). The molecule has 0 fully saturated rings. The molecule has 0 unspecified atom stereocenters. The van der Waals surface area contributed by atoms with Gasteiger partial charge in [0.15, 0.2) is 5.04 Å². The highest BCUT2D eigenvalue weighted by Crippen LogP contribution is 2.40. The van der Waals surface area contributed by atoms with Crippen molar-refractivity contribution in [3.8, 4) is 5.75 Å². The van der Waals surface area contributed by atoms with E-state index < -0.39 is 0 Å². The first-order valence-corrected chi connectivity index (χ1v) is 8.18. The summed E-state index contributed by atoms with van der Waals surface area (Å²) in [4.78, 5) is 0.773. The van der Waals surface area contributed by atoms with Gasteiger partial charge in [0.2, 0.25) is 0 Å². The molecule has 0 atom stereocenters. The number of nitrogens with zero attached hydrogens (tertiary/aromatic N) is 2. The van der Waals surface area contributed by atoms with Gasteiger partial charge in [-0.3, -0.25) is 0 Å². The minimum absolute atomic E-state index is 0.0457. The molecule has 0 amide bonds. The number of benzene rings is 1. The van der Waals surface area contributed by atoms with Crippen LogP contribution in [0.5, 0.6) is 5.75 Å². The maximum atomic E-state index is 12.8. The molecule has 0 aliphatic carbocycles. The second-order valence-corrected chi connectivity index (χ2v) is 8.60. The number of hydrogen-bond acceptors (Lipinski definition) is 6. The highest BCUT2D eigenvalue weighted by molar-refractivity contribution is 8.15. The summed E-state index contributed by atoms with van der Waals surface area (Å²) in [5, 5.41) is 37.2. The highest BCUT2D eigenvalue weighted by Gasteiger charge is 2.23. The molecule has 0 aliphatic heterocycles. The molecule has 0 spiro atoms. The number of hydrogen-bond donors (Lipinski definition) is 2. The van der Waals surface area contributed by atoms with Gasteiger partial charge in [-0.25, -0.2) is 0 Å². The van der Waals surface area contributed by atoms with E-state index in [1.807, 2.05) is 53.7 Å². The molecule has 1 aromatic carbocycles. The molecular formula is C17H25N2O3S-. The van der Waals surface area contributed by atoms with Crippen molar-refractivity contribution in [3.05, 3.63) is 23.3 Å². The molecule has 1 aromatic rings. The first-order chi connectivity index (χ1) is 10.4. The number of rotatable bonds is 2. The first-order valence-electron chi connectivity index (χ1n) is 7.36. The van der Waals surface area contributed by atoms with Gasteiger partial charge in [-0.1, -0.05) is 63.6 Å². The Morgan fingerprint density at radius 2 is 1.39 bits per heavy atom. The average molecular weight is 337 g/mol. The Morgan fingerprint density at radius 3 is 1.70 bits per heavy atom. The molecule has 23 heavy (non-hydrogen) atoms. The number of oxime groups is 2. The fourth-order valence-electron chi connectivity index (χ4n) is 2.10. The minimum atomic E-state index is -0.301. The standard InChI is InChI=1S/C17H26N2O3S/c1-10(18-21)15(19-22)23-11-8-12(16(2,3)4)14(20)13(9-11)17(5,6)7/h8-9,20-22H,1-7H3/p-1/b18-10-,19-15-. The van der Waals surface area contributed by atoms with Crippen LogP contribution in [0.15, 0.2) is 27.3 Å². The van der Waals surface area contributed by atoms with Crippen molar-refractivity contribution in [3.63, 3.8) is 0 Å². The lowest BCUT2D eigenvalue weighted by Gasteiger charge is -2.33. The predicted molar refractivity (Wildman–Crippen MR) is 93.3 cm³/mol. The van der Waals surface area contributed by atoms with Crippen LogP contribution in [0.1, 0.15) is 59.6 Å². The Morgan fingerprint density at radius 1 is 0.957 bits per heavy atom. The minimum Gasteiger partial charge on any atom is -0.872 e. The van der Waals surface area contributed by atoms with Crippen LogP contribution in [-0.2, 0) is 10.8 Å². The number of thioether (sulfide) groups is 1. The normalized spacial score (nSPS) is 14.2. The van der Waals surface area contributed by atoms with Gasteiger partial charge in [0.1, 0.15) is 5.71 Å². The summed E-state index contributed by atoms with van der Waals surface area (Å²) in [6.07, 6.45) is 0. The SMILES string of the molecule is CC(=N/O)/C(=N/O)Sc1cc(C(C)(C)C)c([O-])c(C(C)(C)C)c1. The Hall–Kier alpha value is -1.69. The maximum Gasteiger partial charge on any atom is 0.165 e. The summed E-state index contributed by atoms with van der Waals surface area (Å²) >= 11 is 1.16. The fourth-order valence-corrected chi connectivity index (χ4v) is 2.90. The second-order valence-electron chi connectivity index (χ2n) is 7.54. The van der Waals surface area contributed by atoms with Gasteiger partial charge in [0.25, 0.3) is 0 Å². The van der Waals surface area contributed by atoms with E-state index in [1.54, 1.807) is 6.92 Å². The van der Waals surface area contributed by atoms with Crippen LogP contribution in [-0.4, -0.2) is 21.2 Å². The quantitative estimate of drug-likeness (QED) is 0.280. The summed E-state index contributed by atoms with van der Waals surface area (Å²) in [7, 11) is 0. The third-order valence-corrected chi connectivity index (χ3v) is 4.49. The van der Waals surface area contributed by atoms with Gasteiger partial charge in [0.05, 0.1) is 0 Å². The zero-order valence-corrected chi connectivity index (χ0v) is 15.6. The lowest BCUT2D eigenvalue weighted by Crippen LogP contribution is -2.21. The topological polar surface area (TPSA) is 88.2 Å². The van der Waals surface area contributed by atoms with E-state index in [0.29, 0.717) is 11.1 Å². The van der Waals surface area contributed by atoms with Crippen LogP contribution in [0.2, 0.25) is 0 Å². The molecule has 0 aliphatic rings. The Balaban J connectivity index is 3.51. The Kier molecular flexibility index (Phi) is 5.74. The summed E-state index contributed by atoms with van der Waals surface area (Å²) < 4.78 is 0. The van der Waals surface area contributed by atoms with Gasteiger partial charge >= 0.3 is 0 Å². The van der Waals surface area contributed by atoms with Crippen molar-refractivity contribution < 1.29 is 15.5 Å². The first kappa shape index (κ1) is 19.4. The van der Waals surface area contributed by atoms with Crippen LogP contribution < -0.4 is 5.11 Å². The van der Waals surface area contributed by atoms with Gasteiger partial charge < -0.3 is 15.5 Å². The lowest BCUT2D eigenvalue weighted by atomic mass is 9.79. The molecule has 6 heteroatoms. The van der Waals surface area contributed by atoms with E-state index in [4.69, 9.17) is 10.4 Å².